The maximum atomic E-state index is 10.5. The third-order valence-corrected chi connectivity index (χ3v) is 6.19. The maximum Gasteiger partial charge on any atom is 0.162 e. The third kappa shape index (κ3) is 5.06. The van der Waals surface area contributed by atoms with Gasteiger partial charge >= 0.3 is 0 Å². The Balaban J connectivity index is 1.62. The van der Waals surface area contributed by atoms with Crippen molar-refractivity contribution in [2.24, 2.45) is 5.92 Å². The molecule has 1 saturated carbocycles. The lowest BCUT2D eigenvalue weighted by Gasteiger charge is -2.34. The van der Waals surface area contributed by atoms with Gasteiger partial charge in [-0.05, 0) is 42.9 Å². The van der Waals surface area contributed by atoms with Gasteiger partial charge in [-0.3, -0.25) is 0 Å². The zero-order chi connectivity index (χ0) is 20.8. The van der Waals surface area contributed by atoms with Gasteiger partial charge in [-0.2, -0.15) is 0 Å². The molecule has 0 bridgehead atoms. The summed E-state index contributed by atoms with van der Waals surface area (Å²) in [5.74, 6) is 1.85. The minimum absolute atomic E-state index is 0.202. The van der Waals surface area contributed by atoms with Gasteiger partial charge in [-0.15, -0.1) is 0 Å². The number of hydrogen-bond donors (Lipinski definition) is 4. The fourth-order valence-electron chi connectivity index (χ4n) is 4.33. The summed E-state index contributed by atoms with van der Waals surface area (Å²) in [4.78, 5) is 0. The molecule has 1 aromatic rings. The molecule has 0 aliphatic heterocycles. The second kappa shape index (κ2) is 10.0. The molecule has 0 aromatic heterocycles. The average Bonchev–Trinajstić information content (AvgIpc) is 2.73. The van der Waals surface area contributed by atoms with Crippen molar-refractivity contribution in [3.8, 4) is 11.5 Å². The van der Waals surface area contributed by atoms with Gasteiger partial charge in [0.25, 0.3) is 0 Å². The molecule has 3 rings (SSSR count). The molecule has 2 aliphatic carbocycles. The molecule has 6 heteroatoms. The van der Waals surface area contributed by atoms with Gasteiger partial charge < -0.3 is 30.3 Å². The fraction of sp³-hybridized carbons (Fsp3) is 0.565. The first-order valence-corrected chi connectivity index (χ1v) is 10.5. The van der Waals surface area contributed by atoms with Gasteiger partial charge in [0.05, 0.1) is 14.2 Å². The van der Waals surface area contributed by atoms with Crippen LogP contribution in [0.1, 0.15) is 44.6 Å². The van der Waals surface area contributed by atoms with Gasteiger partial charge in [-0.1, -0.05) is 31.9 Å². The first kappa shape index (κ1) is 21.5. The standard InChI is InChI=1S/C23H34N2O4/c1-15-11-12-21(29-3)23(27)17(15)14-25-19-9-5-4-8-18(19)24-13-16-7-6-10-20(28-2)22(16)26/h6-7,10,12,15,18-19,24-27H,4-5,8-9,11,13-14H2,1-3H3/t15?,18-,19-/m1/s1. The van der Waals surface area contributed by atoms with E-state index in [2.05, 4.69) is 17.6 Å². The summed E-state index contributed by atoms with van der Waals surface area (Å²) >= 11 is 0. The van der Waals surface area contributed by atoms with Crippen LogP contribution in [0.4, 0.5) is 0 Å². The van der Waals surface area contributed by atoms with Gasteiger partial charge in [0.2, 0.25) is 0 Å². The van der Waals surface area contributed by atoms with E-state index in [4.69, 9.17) is 9.47 Å². The first-order chi connectivity index (χ1) is 14.0. The summed E-state index contributed by atoms with van der Waals surface area (Å²) in [5, 5.41) is 28.1. The second-order valence-electron chi connectivity index (χ2n) is 8.01. The number of ether oxygens (including phenoxy) is 2. The van der Waals surface area contributed by atoms with Gasteiger partial charge in [0.1, 0.15) is 0 Å². The minimum atomic E-state index is 0.202. The smallest absolute Gasteiger partial charge is 0.162 e. The normalized spacial score (nSPS) is 24.9. The number of para-hydroxylation sites is 1. The molecule has 0 saturated heterocycles. The molecule has 2 aliphatic rings. The number of methoxy groups -OCH3 is 2. The molecule has 29 heavy (non-hydrogen) atoms. The third-order valence-electron chi connectivity index (χ3n) is 6.19. The van der Waals surface area contributed by atoms with Crippen molar-refractivity contribution < 1.29 is 19.7 Å². The highest BCUT2D eigenvalue weighted by Gasteiger charge is 2.27. The van der Waals surface area contributed by atoms with Crippen LogP contribution >= 0.6 is 0 Å². The summed E-state index contributed by atoms with van der Waals surface area (Å²) in [6.45, 7) is 3.38. The molecule has 1 unspecified atom stereocenters. The minimum Gasteiger partial charge on any atom is -0.504 e. The Morgan fingerprint density at radius 1 is 1.00 bits per heavy atom. The number of phenols is 1. The maximum absolute atomic E-state index is 10.5. The number of rotatable bonds is 8. The Labute approximate surface area is 173 Å². The van der Waals surface area contributed by atoms with E-state index in [-0.39, 0.29) is 11.5 Å². The molecular weight excluding hydrogens is 368 g/mol. The molecule has 0 heterocycles. The number of aliphatic hydroxyl groups is 1. The van der Waals surface area contributed by atoms with Crippen LogP contribution in [0.15, 0.2) is 41.4 Å². The lowest BCUT2D eigenvalue weighted by Crippen LogP contribution is -2.50. The van der Waals surface area contributed by atoms with E-state index in [9.17, 15) is 10.2 Å². The Morgan fingerprint density at radius 3 is 2.34 bits per heavy atom. The molecule has 1 fully saturated rings. The summed E-state index contributed by atoms with van der Waals surface area (Å²) in [6, 6.07) is 6.21. The summed E-state index contributed by atoms with van der Waals surface area (Å²) in [6.07, 6.45) is 7.41. The van der Waals surface area contributed by atoms with E-state index in [1.54, 1.807) is 20.3 Å². The van der Waals surface area contributed by atoms with Crippen molar-refractivity contribution in [1.82, 2.24) is 10.6 Å². The largest absolute Gasteiger partial charge is 0.504 e. The van der Waals surface area contributed by atoms with Gasteiger partial charge in [-0.25, -0.2) is 0 Å². The van der Waals surface area contributed by atoms with E-state index in [0.29, 0.717) is 42.6 Å². The van der Waals surface area contributed by atoms with Crippen LogP contribution in [0.25, 0.3) is 0 Å². The highest BCUT2D eigenvalue weighted by molar-refractivity contribution is 5.45. The molecule has 3 atom stereocenters. The average molecular weight is 403 g/mol. The van der Waals surface area contributed by atoms with Crippen LogP contribution in [-0.4, -0.2) is 43.1 Å². The van der Waals surface area contributed by atoms with Gasteiger partial charge in [0.15, 0.2) is 23.0 Å². The Hall–Kier alpha value is -2.18. The topological polar surface area (TPSA) is 83.0 Å². The van der Waals surface area contributed by atoms with Crippen molar-refractivity contribution in [3.05, 3.63) is 46.9 Å². The van der Waals surface area contributed by atoms with E-state index in [1.165, 1.54) is 12.8 Å². The molecule has 0 amide bonds. The van der Waals surface area contributed by atoms with Crippen molar-refractivity contribution in [3.63, 3.8) is 0 Å². The van der Waals surface area contributed by atoms with Crippen LogP contribution in [0.3, 0.4) is 0 Å². The number of nitrogens with one attached hydrogen (secondary N) is 2. The van der Waals surface area contributed by atoms with Crippen LogP contribution < -0.4 is 15.4 Å². The Kier molecular flexibility index (Phi) is 7.45. The van der Waals surface area contributed by atoms with Crippen molar-refractivity contribution in [2.45, 2.75) is 57.7 Å². The number of hydrogen-bond acceptors (Lipinski definition) is 6. The predicted molar refractivity (Wildman–Crippen MR) is 114 cm³/mol. The number of phenolic OH excluding ortho intramolecular Hbond substituents is 1. The SMILES string of the molecule is COC1=CCC(C)C(CN[C@@H]2CCCC[C@H]2NCc2cccc(OC)c2O)=C1O. The summed E-state index contributed by atoms with van der Waals surface area (Å²) in [5.41, 5.74) is 1.85. The molecular formula is C23H34N2O4. The molecule has 0 spiro atoms. The van der Waals surface area contributed by atoms with Crippen molar-refractivity contribution in [2.75, 3.05) is 20.8 Å². The molecule has 6 nitrogen and oxygen atoms in total. The molecule has 1 aromatic carbocycles. The summed E-state index contributed by atoms with van der Waals surface area (Å²) in [7, 11) is 3.16. The van der Waals surface area contributed by atoms with Gasteiger partial charge in [0, 0.05) is 30.7 Å². The fourth-order valence-corrected chi connectivity index (χ4v) is 4.33. The van der Waals surface area contributed by atoms with Crippen LogP contribution in [-0.2, 0) is 11.3 Å². The van der Waals surface area contributed by atoms with Crippen LogP contribution in [0, 0.1) is 5.92 Å². The first-order valence-electron chi connectivity index (χ1n) is 10.5. The second-order valence-corrected chi connectivity index (χ2v) is 8.01. The molecule has 4 N–H and O–H groups in total. The highest BCUT2D eigenvalue weighted by Crippen LogP contribution is 2.31. The highest BCUT2D eigenvalue weighted by atomic mass is 16.5. The monoisotopic (exact) mass is 402 g/mol. The lowest BCUT2D eigenvalue weighted by molar-refractivity contribution is 0.240. The van der Waals surface area contributed by atoms with Crippen LogP contribution in [0.2, 0.25) is 0 Å². The number of allylic oxidation sites excluding steroid dienone is 1. The zero-order valence-electron chi connectivity index (χ0n) is 17.7. The number of aromatic hydroxyl groups is 1. The zero-order valence-corrected chi connectivity index (χ0v) is 17.7. The van der Waals surface area contributed by atoms with E-state index >= 15 is 0 Å². The van der Waals surface area contributed by atoms with Crippen molar-refractivity contribution >= 4 is 0 Å². The molecule has 160 valence electrons. The number of aliphatic hydroxyl groups excluding tert-OH is 1. The molecule has 0 radical (unpaired) electrons. The van der Waals surface area contributed by atoms with E-state index in [0.717, 1.165) is 30.4 Å². The Morgan fingerprint density at radius 2 is 1.69 bits per heavy atom. The predicted octanol–water partition coefficient (Wildman–Crippen LogP) is 3.77. The van der Waals surface area contributed by atoms with Crippen LogP contribution in [0.5, 0.6) is 11.5 Å². The lowest BCUT2D eigenvalue weighted by atomic mass is 9.88. The van der Waals surface area contributed by atoms with E-state index in [1.807, 2.05) is 18.2 Å². The number of benzene rings is 1. The van der Waals surface area contributed by atoms with Crippen molar-refractivity contribution in [1.29, 1.82) is 0 Å². The Bertz CT molecular complexity index is 759. The quantitative estimate of drug-likeness (QED) is 0.530. The summed E-state index contributed by atoms with van der Waals surface area (Å²) < 4.78 is 10.5. The van der Waals surface area contributed by atoms with E-state index < -0.39 is 0 Å².